The number of ether oxygens (including phenoxy) is 1. The largest absolute Gasteiger partial charge is 0.481 e. The lowest BCUT2D eigenvalue weighted by molar-refractivity contribution is -0.142. The van der Waals surface area contributed by atoms with Crippen molar-refractivity contribution in [2.75, 3.05) is 19.7 Å². The van der Waals surface area contributed by atoms with Gasteiger partial charge in [-0.1, -0.05) is 42.5 Å². The van der Waals surface area contributed by atoms with Crippen LogP contribution in [-0.2, 0) is 9.59 Å². The molecule has 0 aromatic heterocycles. The number of carbonyl (C=O) groups excluding carboxylic acids is 1. The molecule has 5 nitrogen and oxygen atoms in total. The highest BCUT2D eigenvalue weighted by atomic mass is 19.1. The van der Waals surface area contributed by atoms with Gasteiger partial charge in [0.15, 0.2) is 18.2 Å². The van der Waals surface area contributed by atoms with Crippen LogP contribution in [0.25, 0.3) is 0 Å². The quantitative estimate of drug-likeness (QED) is 0.906. The number of carboxylic acid groups (broad SMARTS) is 1. The van der Waals surface area contributed by atoms with Gasteiger partial charge in [0.2, 0.25) is 0 Å². The number of aliphatic carboxylic acids is 1. The van der Waals surface area contributed by atoms with E-state index in [9.17, 15) is 19.1 Å². The smallest absolute Gasteiger partial charge is 0.308 e. The van der Waals surface area contributed by atoms with Crippen molar-refractivity contribution in [1.82, 2.24) is 4.90 Å². The molecule has 1 aliphatic rings. The third-order valence-corrected chi connectivity index (χ3v) is 4.41. The van der Waals surface area contributed by atoms with Crippen molar-refractivity contribution in [1.29, 1.82) is 0 Å². The average molecular weight is 343 g/mol. The van der Waals surface area contributed by atoms with Gasteiger partial charge in [-0.2, -0.15) is 0 Å². The Morgan fingerprint density at radius 1 is 1.08 bits per heavy atom. The minimum atomic E-state index is -0.931. The fourth-order valence-electron chi connectivity index (χ4n) is 3.09. The lowest BCUT2D eigenvalue weighted by Crippen LogP contribution is -2.34. The van der Waals surface area contributed by atoms with Crippen molar-refractivity contribution in [3.05, 3.63) is 66.0 Å². The Bertz CT molecular complexity index is 765. The Hall–Kier alpha value is -2.89. The van der Waals surface area contributed by atoms with Crippen molar-refractivity contribution in [2.45, 2.75) is 5.92 Å². The van der Waals surface area contributed by atoms with Crippen LogP contribution in [0, 0.1) is 11.7 Å². The molecule has 6 heteroatoms. The predicted molar refractivity (Wildman–Crippen MR) is 88.8 cm³/mol. The highest BCUT2D eigenvalue weighted by Crippen LogP contribution is 2.33. The second kappa shape index (κ2) is 7.34. The second-order valence-corrected chi connectivity index (χ2v) is 5.98. The fourth-order valence-corrected chi connectivity index (χ4v) is 3.09. The molecule has 0 bridgehead atoms. The van der Waals surface area contributed by atoms with Crippen molar-refractivity contribution >= 4 is 11.9 Å². The third-order valence-electron chi connectivity index (χ3n) is 4.41. The molecule has 1 heterocycles. The van der Waals surface area contributed by atoms with E-state index in [-0.39, 0.29) is 30.7 Å². The predicted octanol–water partition coefficient (Wildman–Crippen LogP) is 2.53. The topological polar surface area (TPSA) is 66.8 Å². The third kappa shape index (κ3) is 3.79. The van der Waals surface area contributed by atoms with Crippen LogP contribution in [0.4, 0.5) is 4.39 Å². The zero-order valence-corrected chi connectivity index (χ0v) is 13.5. The van der Waals surface area contributed by atoms with Gasteiger partial charge in [0, 0.05) is 19.0 Å². The van der Waals surface area contributed by atoms with Gasteiger partial charge >= 0.3 is 5.97 Å². The lowest BCUT2D eigenvalue weighted by Gasteiger charge is -2.17. The summed E-state index contributed by atoms with van der Waals surface area (Å²) in [5.74, 6) is -2.75. The van der Waals surface area contributed by atoms with Gasteiger partial charge in [-0.25, -0.2) is 4.39 Å². The minimum absolute atomic E-state index is 0.00411. The number of nitrogens with zero attached hydrogens (tertiary/aromatic N) is 1. The zero-order valence-electron chi connectivity index (χ0n) is 13.5. The number of hydrogen-bond donors (Lipinski definition) is 1. The normalized spacial score (nSPS) is 19.6. The highest BCUT2D eigenvalue weighted by molar-refractivity contribution is 5.80. The van der Waals surface area contributed by atoms with E-state index >= 15 is 0 Å². The molecule has 1 saturated heterocycles. The van der Waals surface area contributed by atoms with E-state index in [1.54, 1.807) is 6.07 Å². The van der Waals surface area contributed by atoms with Crippen LogP contribution in [0.1, 0.15) is 11.5 Å². The molecule has 1 N–H and O–H groups in total. The molecule has 2 aromatic rings. The van der Waals surface area contributed by atoms with Crippen molar-refractivity contribution in [3.63, 3.8) is 0 Å². The van der Waals surface area contributed by atoms with Gasteiger partial charge in [-0.15, -0.1) is 0 Å². The molecule has 25 heavy (non-hydrogen) atoms. The molecule has 2 aromatic carbocycles. The number of benzene rings is 2. The summed E-state index contributed by atoms with van der Waals surface area (Å²) < 4.78 is 18.8. The maximum atomic E-state index is 13.5. The van der Waals surface area contributed by atoms with E-state index in [2.05, 4.69) is 0 Å². The standard InChI is InChI=1S/C19H18FNO4/c20-16-8-4-5-9-17(16)25-12-18(22)21-10-14(15(11-21)19(23)24)13-6-2-1-3-7-13/h1-9,14-15H,10-12H2,(H,23,24). The Kier molecular flexibility index (Phi) is 4.97. The number of likely N-dealkylation sites (tertiary alicyclic amines) is 1. The molecule has 1 amide bonds. The van der Waals surface area contributed by atoms with Crippen LogP contribution in [0.3, 0.4) is 0 Å². The van der Waals surface area contributed by atoms with Crippen molar-refractivity contribution in [3.8, 4) is 5.75 Å². The van der Waals surface area contributed by atoms with Crippen LogP contribution in [0.5, 0.6) is 5.75 Å². The fraction of sp³-hybridized carbons (Fsp3) is 0.263. The summed E-state index contributed by atoms with van der Waals surface area (Å²) in [4.78, 5) is 25.4. The number of carboxylic acids is 1. The van der Waals surface area contributed by atoms with Crippen LogP contribution in [0.15, 0.2) is 54.6 Å². The van der Waals surface area contributed by atoms with Gasteiger partial charge < -0.3 is 14.7 Å². The molecule has 0 spiro atoms. The second-order valence-electron chi connectivity index (χ2n) is 5.98. The Labute approximate surface area is 144 Å². The van der Waals surface area contributed by atoms with Gasteiger partial charge in [0.1, 0.15) is 0 Å². The van der Waals surface area contributed by atoms with Gasteiger partial charge in [0.25, 0.3) is 5.91 Å². The summed E-state index contributed by atoms with van der Waals surface area (Å²) in [5, 5.41) is 9.47. The molecule has 3 rings (SSSR count). The summed E-state index contributed by atoms with van der Waals surface area (Å²) in [6.07, 6.45) is 0. The van der Waals surface area contributed by atoms with Crippen molar-refractivity contribution < 1.29 is 23.8 Å². The van der Waals surface area contributed by atoms with Gasteiger partial charge in [-0.3, -0.25) is 9.59 Å². The van der Waals surface area contributed by atoms with Crippen LogP contribution in [-0.4, -0.2) is 41.6 Å². The molecule has 1 aliphatic heterocycles. The number of halogens is 1. The maximum absolute atomic E-state index is 13.5. The average Bonchev–Trinajstić information content (AvgIpc) is 3.07. The summed E-state index contributed by atoms with van der Waals surface area (Å²) >= 11 is 0. The van der Waals surface area contributed by atoms with E-state index in [4.69, 9.17) is 4.74 Å². The lowest BCUT2D eigenvalue weighted by atomic mass is 9.89. The first-order valence-corrected chi connectivity index (χ1v) is 7.99. The number of rotatable bonds is 5. The molecule has 130 valence electrons. The molecule has 0 aliphatic carbocycles. The molecule has 2 atom stereocenters. The van der Waals surface area contributed by atoms with E-state index in [1.165, 1.54) is 23.1 Å². The van der Waals surface area contributed by atoms with E-state index in [0.29, 0.717) is 6.54 Å². The molecule has 0 saturated carbocycles. The van der Waals surface area contributed by atoms with E-state index < -0.39 is 17.7 Å². The molecule has 1 fully saturated rings. The number of amides is 1. The highest BCUT2D eigenvalue weighted by Gasteiger charge is 2.40. The number of hydrogen-bond acceptors (Lipinski definition) is 3. The van der Waals surface area contributed by atoms with Crippen LogP contribution >= 0.6 is 0 Å². The Morgan fingerprint density at radius 2 is 1.76 bits per heavy atom. The summed E-state index contributed by atoms with van der Waals surface area (Å²) in [6, 6.07) is 15.1. The first-order valence-electron chi connectivity index (χ1n) is 7.99. The van der Waals surface area contributed by atoms with E-state index in [1.807, 2.05) is 30.3 Å². The Morgan fingerprint density at radius 3 is 2.44 bits per heavy atom. The first-order chi connectivity index (χ1) is 12.1. The Balaban J connectivity index is 1.67. The molecule has 2 unspecified atom stereocenters. The van der Waals surface area contributed by atoms with Gasteiger partial charge in [-0.05, 0) is 17.7 Å². The number of para-hydroxylation sites is 1. The van der Waals surface area contributed by atoms with Gasteiger partial charge in [0.05, 0.1) is 5.92 Å². The minimum Gasteiger partial charge on any atom is -0.481 e. The first kappa shape index (κ1) is 17.0. The van der Waals surface area contributed by atoms with Crippen LogP contribution in [0.2, 0.25) is 0 Å². The monoisotopic (exact) mass is 343 g/mol. The summed E-state index contributed by atoms with van der Waals surface area (Å²) in [6.45, 7) is 0.101. The van der Waals surface area contributed by atoms with Crippen LogP contribution < -0.4 is 4.74 Å². The summed E-state index contributed by atoms with van der Waals surface area (Å²) in [5.41, 5.74) is 0.889. The summed E-state index contributed by atoms with van der Waals surface area (Å²) in [7, 11) is 0. The van der Waals surface area contributed by atoms with E-state index in [0.717, 1.165) is 5.56 Å². The maximum Gasteiger partial charge on any atom is 0.308 e. The molecule has 0 radical (unpaired) electrons. The SMILES string of the molecule is O=C(O)C1CN(C(=O)COc2ccccc2F)CC1c1ccccc1. The zero-order chi connectivity index (χ0) is 17.8. The number of carbonyl (C=O) groups is 2. The van der Waals surface area contributed by atoms with Crippen molar-refractivity contribution in [2.24, 2.45) is 5.92 Å². The molecular weight excluding hydrogens is 325 g/mol. The molecular formula is C19H18FNO4.